The minimum absolute atomic E-state index is 0.194. The van der Waals surface area contributed by atoms with E-state index in [-0.39, 0.29) is 5.91 Å². The van der Waals surface area contributed by atoms with Crippen molar-refractivity contribution in [2.75, 3.05) is 13.1 Å². The van der Waals surface area contributed by atoms with Crippen LogP contribution in [0.4, 0.5) is 0 Å². The zero-order valence-corrected chi connectivity index (χ0v) is 13.0. The Balaban J connectivity index is 1.64. The van der Waals surface area contributed by atoms with Gasteiger partial charge in [-0.2, -0.15) is 0 Å². The monoisotopic (exact) mass is 291 g/mol. The molecule has 4 rings (SSSR count). The number of hydrogen-bond donors (Lipinski definition) is 0. The van der Waals surface area contributed by atoms with Gasteiger partial charge in [0.1, 0.15) is 0 Å². The van der Waals surface area contributed by atoms with Crippen molar-refractivity contribution in [3.05, 3.63) is 59.2 Å². The molecule has 2 aliphatic rings. The van der Waals surface area contributed by atoms with Crippen LogP contribution in [-0.4, -0.2) is 23.9 Å². The number of hydrogen-bond acceptors (Lipinski definition) is 1. The highest BCUT2D eigenvalue weighted by atomic mass is 16.2. The molecule has 0 spiro atoms. The first-order chi connectivity index (χ1) is 10.7. The van der Waals surface area contributed by atoms with E-state index in [1.54, 1.807) is 0 Å². The number of benzene rings is 2. The first kappa shape index (κ1) is 13.6. The molecule has 1 saturated heterocycles. The summed E-state index contributed by atoms with van der Waals surface area (Å²) in [7, 11) is 0. The number of nitrogens with zero attached hydrogens (tertiary/aromatic N) is 1. The van der Waals surface area contributed by atoms with Gasteiger partial charge < -0.3 is 4.90 Å². The van der Waals surface area contributed by atoms with Crippen LogP contribution in [0, 0.1) is 5.92 Å². The van der Waals surface area contributed by atoms with Crippen molar-refractivity contribution in [3.63, 3.8) is 0 Å². The van der Waals surface area contributed by atoms with Crippen molar-refractivity contribution in [1.29, 1.82) is 0 Å². The Hall–Kier alpha value is -2.09. The molecule has 1 fully saturated rings. The van der Waals surface area contributed by atoms with Crippen LogP contribution in [0.25, 0.3) is 11.1 Å². The molecule has 1 aliphatic carbocycles. The molecule has 0 saturated carbocycles. The van der Waals surface area contributed by atoms with E-state index in [9.17, 15) is 4.79 Å². The molecule has 0 unspecified atom stereocenters. The second-order valence-corrected chi connectivity index (χ2v) is 6.68. The average Bonchev–Trinajstić information content (AvgIpc) is 2.92. The summed E-state index contributed by atoms with van der Waals surface area (Å²) in [5.74, 6) is 0.940. The van der Waals surface area contributed by atoms with E-state index in [0.717, 1.165) is 43.8 Å². The Morgan fingerprint density at radius 1 is 1.00 bits per heavy atom. The van der Waals surface area contributed by atoms with Crippen molar-refractivity contribution in [2.45, 2.75) is 26.2 Å². The molecule has 1 amide bonds. The third-order valence-corrected chi connectivity index (χ3v) is 5.12. The summed E-state index contributed by atoms with van der Waals surface area (Å²) in [4.78, 5) is 14.8. The fraction of sp³-hybridized carbons (Fsp3) is 0.350. The van der Waals surface area contributed by atoms with Crippen molar-refractivity contribution in [2.24, 2.45) is 5.92 Å². The topological polar surface area (TPSA) is 20.3 Å². The van der Waals surface area contributed by atoms with E-state index in [1.165, 1.54) is 22.3 Å². The molecule has 1 heterocycles. The quantitative estimate of drug-likeness (QED) is 0.660. The molecule has 0 radical (unpaired) electrons. The normalized spacial score (nSPS) is 17.2. The second kappa shape index (κ2) is 5.28. The SMILES string of the molecule is CC1CCN(C(=O)c2ccc3c(c2)-c2ccccc2C3)CC1. The average molecular weight is 291 g/mol. The van der Waals surface area contributed by atoms with Gasteiger partial charge in [0.2, 0.25) is 0 Å². The molecule has 0 bridgehead atoms. The van der Waals surface area contributed by atoms with Crippen LogP contribution < -0.4 is 0 Å². The second-order valence-electron chi connectivity index (χ2n) is 6.68. The lowest BCUT2D eigenvalue weighted by Gasteiger charge is -2.30. The van der Waals surface area contributed by atoms with Gasteiger partial charge in [0.05, 0.1) is 0 Å². The van der Waals surface area contributed by atoms with Crippen molar-refractivity contribution >= 4 is 5.91 Å². The third kappa shape index (κ3) is 2.23. The highest BCUT2D eigenvalue weighted by Crippen LogP contribution is 2.37. The maximum atomic E-state index is 12.7. The lowest BCUT2D eigenvalue weighted by atomic mass is 9.97. The van der Waals surface area contributed by atoms with Crippen LogP contribution in [0.15, 0.2) is 42.5 Å². The summed E-state index contributed by atoms with van der Waals surface area (Å²) in [5, 5.41) is 0. The van der Waals surface area contributed by atoms with Gasteiger partial charge >= 0.3 is 0 Å². The Bertz CT molecular complexity index is 726. The van der Waals surface area contributed by atoms with Gasteiger partial charge in [0.15, 0.2) is 0 Å². The Labute approximate surface area is 131 Å². The van der Waals surface area contributed by atoms with Gasteiger partial charge in [-0.1, -0.05) is 37.3 Å². The summed E-state index contributed by atoms with van der Waals surface area (Å²) in [6.45, 7) is 4.06. The molecule has 2 aromatic carbocycles. The molecule has 112 valence electrons. The van der Waals surface area contributed by atoms with E-state index in [2.05, 4.69) is 43.3 Å². The molecule has 0 N–H and O–H groups in total. The van der Waals surface area contributed by atoms with E-state index < -0.39 is 0 Å². The zero-order chi connectivity index (χ0) is 15.1. The third-order valence-electron chi connectivity index (χ3n) is 5.12. The van der Waals surface area contributed by atoms with E-state index in [0.29, 0.717) is 0 Å². The number of carbonyl (C=O) groups is 1. The predicted molar refractivity (Wildman–Crippen MR) is 89.0 cm³/mol. The summed E-state index contributed by atoms with van der Waals surface area (Å²) < 4.78 is 0. The van der Waals surface area contributed by atoms with Gasteiger partial charge in [-0.15, -0.1) is 0 Å². The lowest BCUT2D eigenvalue weighted by Crippen LogP contribution is -2.37. The highest BCUT2D eigenvalue weighted by Gasteiger charge is 2.24. The first-order valence-electron chi connectivity index (χ1n) is 8.23. The van der Waals surface area contributed by atoms with Crippen LogP contribution in [0.1, 0.15) is 41.3 Å². The standard InChI is InChI=1S/C20H21NO/c1-14-8-10-21(11-9-14)20(22)17-7-6-16-12-15-4-2-3-5-18(15)19(16)13-17/h2-7,13-14H,8-12H2,1H3. The number of carbonyl (C=O) groups excluding carboxylic acids is 1. The number of fused-ring (bicyclic) bond motifs is 3. The summed E-state index contributed by atoms with van der Waals surface area (Å²) in [5.41, 5.74) is 6.08. The maximum Gasteiger partial charge on any atom is 0.253 e. The van der Waals surface area contributed by atoms with Crippen LogP contribution in [0.5, 0.6) is 0 Å². The number of rotatable bonds is 1. The van der Waals surface area contributed by atoms with Crippen LogP contribution in [0.2, 0.25) is 0 Å². The summed E-state index contributed by atoms with van der Waals surface area (Å²) >= 11 is 0. The molecule has 2 aromatic rings. The fourth-order valence-corrected chi connectivity index (χ4v) is 3.65. The van der Waals surface area contributed by atoms with E-state index in [1.807, 2.05) is 11.0 Å². The van der Waals surface area contributed by atoms with Crippen LogP contribution in [-0.2, 0) is 6.42 Å². The van der Waals surface area contributed by atoms with Gasteiger partial charge in [-0.05, 0) is 59.6 Å². The van der Waals surface area contributed by atoms with Gasteiger partial charge in [0.25, 0.3) is 5.91 Å². The molecule has 2 nitrogen and oxygen atoms in total. The largest absolute Gasteiger partial charge is 0.339 e. The summed E-state index contributed by atoms with van der Waals surface area (Å²) in [6.07, 6.45) is 3.24. The number of amides is 1. The summed E-state index contributed by atoms with van der Waals surface area (Å²) in [6, 6.07) is 14.8. The Kier molecular flexibility index (Phi) is 3.25. The molecule has 0 aromatic heterocycles. The minimum atomic E-state index is 0.194. The number of likely N-dealkylation sites (tertiary alicyclic amines) is 1. The van der Waals surface area contributed by atoms with Crippen molar-refractivity contribution < 1.29 is 4.79 Å². The molecule has 1 aliphatic heterocycles. The molecule has 0 atom stereocenters. The molecular weight excluding hydrogens is 270 g/mol. The highest BCUT2D eigenvalue weighted by molar-refractivity contribution is 5.96. The maximum absolute atomic E-state index is 12.7. The molecule has 22 heavy (non-hydrogen) atoms. The molecule has 2 heteroatoms. The van der Waals surface area contributed by atoms with E-state index >= 15 is 0 Å². The predicted octanol–water partition coefficient (Wildman–Crippen LogP) is 4.13. The molecular formula is C20H21NO. The van der Waals surface area contributed by atoms with Crippen molar-refractivity contribution in [3.8, 4) is 11.1 Å². The minimum Gasteiger partial charge on any atom is -0.339 e. The fourth-order valence-electron chi connectivity index (χ4n) is 3.65. The Morgan fingerprint density at radius 3 is 2.55 bits per heavy atom. The zero-order valence-electron chi connectivity index (χ0n) is 13.0. The van der Waals surface area contributed by atoms with Gasteiger partial charge in [-0.3, -0.25) is 4.79 Å². The van der Waals surface area contributed by atoms with Gasteiger partial charge in [-0.25, -0.2) is 0 Å². The van der Waals surface area contributed by atoms with Crippen molar-refractivity contribution in [1.82, 2.24) is 4.90 Å². The van der Waals surface area contributed by atoms with Gasteiger partial charge in [0, 0.05) is 18.7 Å². The Morgan fingerprint density at radius 2 is 1.73 bits per heavy atom. The lowest BCUT2D eigenvalue weighted by molar-refractivity contribution is 0.0697. The number of piperidine rings is 1. The smallest absolute Gasteiger partial charge is 0.253 e. The van der Waals surface area contributed by atoms with Crippen LogP contribution >= 0.6 is 0 Å². The first-order valence-corrected chi connectivity index (χ1v) is 8.23. The van der Waals surface area contributed by atoms with E-state index in [4.69, 9.17) is 0 Å². The van der Waals surface area contributed by atoms with Crippen LogP contribution in [0.3, 0.4) is 0 Å².